The Balaban J connectivity index is 1.89. The molecule has 0 fully saturated rings. The standard InChI is InChI=1S/C22H21NO3/c1-3-16-26-20-13-11-19(17-21(20)25-2)12-14-22(24)23-15-7-10-18-8-5-4-6-9-18/h3-6,8-9,11-14,17H,1,15-16H2,2H3,(H,23,24)/b14-12+. The van der Waals surface area contributed by atoms with Gasteiger partial charge >= 0.3 is 0 Å². The summed E-state index contributed by atoms with van der Waals surface area (Å²) in [5, 5.41) is 2.72. The Morgan fingerprint density at radius 3 is 2.73 bits per heavy atom. The third kappa shape index (κ3) is 6.21. The fourth-order valence-corrected chi connectivity index (χ4v) is 2.09. The molecule has 1 amide bonds. The van der Waals surface area contributed by atoms with Crippen molar-refractivity contribution in [1.82, 2.24) is 5.32 Å². The van der Waals surface area contributed by atoms with Crippen molar-refractivity contribution >= 4 is 12.0 Å². The molecule has 0 atom stereocenters. The van der Waals surface area contributed by atoms with E-state index in [1.54, 1.807) is 31.4 Å². The topological polar surface area (TPSA) is 47.6 Å². The van der Waals surface area contributed by atoms with Crippen molar-refractivity contribution < 1.29 is 14.3 Å². The van der Waals surface area contributed by atoms with Crippen LogP contribution >= 0.6 is 0 Å². The fourth-order valence-electron chi connectivity index (χ4n) is 2.09. The number of hydrogen-bond acceptors (Lipinski definition) is 3. The van der Waals surface area contributed by atoms with Gasteiger partial charge in [-0.3, -0.25) is 4.79 Å². The molecule has 4 heteroatoms. The monoisotopic (exact) mass is 347 g/mol. The van der Waals surface area contributed by atoms with Crippen molar-refractivity contribution in [3.05, 3.63) is 78.4 Å². The van der Waals surface area contributed by atoms with Gasteiger partial charge in [0, 0.05) is 11.6 Å². The van der Waals surface area contributed by atoms with Gasteiger partial charge in [0.05, 0.1) is 13.7 Å². The largest absolute Gasteiger partial charge is 0.493 e. The van der Waals surface area contributed by atoms with Crippen LogP contribution in [0.3, 0.4) is 0 Å². The van der Waals surface area contributed by atoms with Gasteiger partial charge in [-0.05, 0) is 35.9 Å². The van der Waals surface area contributed by atoms with E-state index in [0.29, 0.717) is 18.1 Å². The molecule has 0 aliphatic carbocycles. The van der Waals surface area contributed by atoms with Crippen LogP contribution in [0.2, 0.25) is 0 Å². The quantitative estimate of drug-likeness (QED) is 0.474. The molecule has 0 bridgehead atoms. The second-order valence-electron chi connectivity index (χ2n) is 5.23. The van der Waals surface area contributed by atoms with Gasteiger partial charge < -0.3 is 14.8 Å². The maximum atomic E-state index is 11.9. The number of methoxy groups -OCH3 is 1. The van der Waals surface area contributed by atoms with E-state index in [1.807, 2.05) is 36.4 Å². The van der Waals surface area contributed by atoms with Gasteiger partial charge in [-0.1, -0.05) is 48.8 Å². The van der Waals surface area contributed by atoms with E-state index in [4.69, 9.17) is 9.47 Å². The molecule has 0 saturated carbocycles. The van der Waals surface area contributed by atoms with Crippen LogP contribution in [0.15, 0.2) is 67.3 Å². The molecule has 2 aromatic carbocycles. The van der Waals surface area contributed by atoms with Crippen molar-refractivity contribution in [2.24, 2.45) is 0 Å². The molecule has 0 aliphatic rings. The van der Waals surface area contributed by atoms with Gasteiger partial charge in [-0.15, -0.1) is 0 Å². The first-order valence-electron chi connectivity index (χ1n) is 8.14. The number of nitrogens with one attached hydrogen (secondary N) is 1. The minimum atomic E-state index is -0.210. The highest BCUT2D eigenvalue weighted by Gasteiger charge is 2.04. The molecular weight excluding hydrogens is 326 g/mol. The van der Waals surface area contributed by atoms with Crippen LogP contribution in [-0.4, -0.2) is 26.2 Å². The second-order valence-corrected chi connectivity index (χ2v) is 5.23. The zero-order valence-electron chi connectivity index (χ0n) is 14.7. The minimum Gasteiger partial charge on any atom is -0.493 e. The van der Waals surface area contributed by atoms with Gasteiger partial charge in [0.2, 0.25) is 5.91 Å². The van der Waals surface area contributed by atoms with Crippen LogP contribution in [0.25, 0.3) is 6.08 Å². The summed E-state index contributed by atoms with van der Waals surface area (Å²) >= 11 is 0. The molecule has 2 rings (SSSR count). The normalized spacial score (nSPS) is 9.88. The van der Waals surface area contributed by atoms with Crippen molar-refractivity contribution in [2.45, 2.75) is 0 Å². The lowest BCUT2D eigenvalue weighted by molar-refractivity contribution is -0.116. The highest BCUT2D eigenvalue weighted by Crippen LogP contribution is 2.28. The molecule has 0 saturated heterocycles. The molecular formula is C22H21NO3. The minimum absolute atomic E-state index is 0.210. The van der Waals surface area contributed by atoms with E-state index in [-0.39, 0.29) is 12.5 Å². The summed E-state index contributed by atoms with van der Waals surface area (Å²) < 4.78 is 10.8. The second kappa shape index (κ2) is 10.4. The first-order valence-corrected chi connectivity index (χ1v) is 8.14. The lowest BCUT2D eigenvalue weighted by atomic mass is 10.2. The van der Waals surface area contributed by atoms with Crippen molar-refractivity contribution in [2.75, 3.05) is 20.3 Å². The Hall–Kier alpha value is -3.45. The molecule has 1 N–H and O–H groups in total. The average molecular weight is 347 g/mol. The van der Waals surface area contributed by atoms with Crippen LogP contribution in [0.5, 0.6) is 11.5 Å². The molecule has 132 valence electrons. The first-order chi connectivity index (χ1) is 12.7. The lowest BCUT2D eigenvalue weighted by Gasteiger charge is -2.09. The van der Waals surface area contributed by atoms with Gasteiger partial charge in [0.15, 0.2) is 11.5 Å². The summed E-state index contributed by atoms with van der Waals surface area (Å²) in [4.78, 5) is 11.9. The summed E-state index contributed by atoms with van der Waals surface area (Å²) in [5.74, 6) is 6.92. The van der Waals surface area contributed by atoms with Crippen LogP contribution in [0.1, 0.15) is 11.1 Å². The molecule has 2 aromatic rings. The maximum absolute atomic E-state index is 11.9. The van der Waals surface area contributed by atoms with Gasteiger partial charge in [0.25, 0.3) is 0 Å². The SMILES string of the molecule is C=CCOc1ccc(/C=C/C(=O)NCC#Cc2ccccc2)cc1OC. The predicted octanol–water partition coefficient (Wildman–Crippen LogP) is 3.44. The zero-order valence-corrected chi connectivity index (χ0v) is 14.7. The molecule has 0 unspecified atom stereocenters. The highest BCUT2D eigenvalue weighted by atomic mass is 16.5. The van der Waals surface area contributed by atoms with Crippen molar-refractivity contribution in [1.29, 1.82) is 0 Å². The number of amides is 1. The molecule has 0 heterocycles. The molecule has 0 aliphatic heterocycles. The van der Waals surface area contributed by atoms with Crippen LogP contribution in [-0.2, 0) is 4.79 Å². The van der Waals surface area contributed by atoms with Gasteiger partial charge in [0.1, 0.15) is 6.61 Å². The van der Waals surface area contributed by atoms with Gasteiger partial charge in [-0.2, -0.15) is 0 Å². The first kappa shape index (κ1) is 18.9. The van der Waals surface area contributed by atoms with Crippen LogP contribution in [0, 0.1) is 11.8 Å². The highest BCUT2D eigenvalue weighted by molar-refractivity contribution is 5.91. The Bertz CT molecular complexity index is 829. The molecule has 4 nitrogen and oxygen atoms in total. The molecule has 0 aromatic heterocycles. The fraction of sp³-hybridized carbons (Fsp3) is 0.136. The number of hydrogen-bond donors (Lipinski definition) is 1. The smallest absolute Gasteiger partial charge is 0.244 e. The lowest BCUT2D eigenvalue weighted by Crippen LogP contribution is -2.20. The number of rotatable bonds is 7. The summed E-state index contributed by atoms with van der Waals surface area (Å²) in [6.45, 7) is 4.30. The third-order valence-corrected chi connectivity index (χ3v) is 3.33. The maximum Gasteiger partial charge on any atom is 0.244 e. The van der Waals surface area contributed by atoms with E-state index >= 15 is 0 Å². The number of ether oxygens (including phenoxy) is 2. The number of benzene rings is 2. The van der Waals surface area contributed by atoms with E-state index in [9.17, 15) is 4.79 Å². The number of carbonyl (C=O) groups excluding carboxylic acids is 1. The molecule has 26 heavy (non-hydrogen) atoms. The number of carbonyl (C=O) groups is 1. The summed E-state index contributed by atoms with van der Waals surface area (Å²) in [6, 6.07) is 15.1. The van der Waals surface area contributed by atoms with Crippen LogP contribution in [0.4, 0.5) is 0 Å². The van der Waals surface area contributed by atoms with E-state index in [1.165, 1.54) is 6.08 Å². The van der Waals surface area contributed by atoms with E-state index < -0.39 is 0 Å². The predicted molar refractivity (Wildman–Crippen MR) is 104 cm³/mol. The Labute approximate surface area is 154 Å². The Morgan fingerprint density at radius 1 is 1.19 bits per heavy atom. The zero-order chi connectivity index (χ0) is 18.6. The molecule has 0 spiro atoms. The summed E-state index contributed by atoms with van der Waals surface area (Å²) in [5.41, 5.74) is 1.75. The van der Waals surface area contributed by atoms with E-state index in [2.05, 4.69) is 23.7 Å². The summed E-state index contributed by atoms with van der Waals surface area (Å²) in [7, 11) is 1.57. The van der Waals surface area contributed by atoms with Gasteiger partial charge in [-0.25, -0.2) is 0 Å². The third-order valence-electron chi connectivity index (χ3n) is 3.33. The van der Waals surface area contributed by atoms with Crippen molar-refractivity contribution in [3.8, 4) is 23.3 Å². The average Bonchev–Trinajstić information content (AvgIpc) is 2.69. The summed E-state index contributed by atoms with van der Waals surface area (Å²) in [6.07, 6.45) is 4.83. The Kier molecular flexibility index (Phi) is 7.57. The van der Waals surface area contributed by atoms with E-state index in [0.717, 1.165) is 11.1 Å². The van der Waals surface area contributed by atoms with Crippen LogP contribution < -0.4 is 14.8 Å². The van der Waals surface area contributed by atoms with Crippen molar-refractivity contribution in [3.63, 3.8) is 0 Å². The molecule has 0 radical (unpaired) electrons. The Morgan fingerprint density at radius 2 is 2.00 bits per heavy atom.